The van der Waals surface area contributed by atoms with E-state index in [4.69, 9.17) is 4.74 Å². The third kappa shape index (κ3) is 3.13. The smallest absolute Gasteiger partial charge is 0.315 e. The highest BCUT2D eigenvalue weighted by molar-refractivity contribution is 5.79. The van der Waals surface area contributed by atoms with E-state index in [-0.39, 0.29) is 25.3 Å². The monoisotopic (exact) mass is 258 g/mol. The first kappa shape index (κ1) is 14.8. The minimum atomic E-state index is -1.06. The summed E-state index contributed by atoms with van der Waals surface area (Å²) < 4.78 is 5.16. The first-order valence-electron chi connectivity index (χ1n) is 6.15. The first-order valence-corrected chi connectivity index (χ1v) is 6.15. The van der Waals surface area contributed by atoms with Gasteiger partial charge in [-0.2, -0.15) is 0 Å². The minimum Gasteiger partial charge on any atom is -0.481 e. The van der Waals surface area contributed by atoms with Crippen molar-refractivity contribution < 1.29 is 19.4 Å². The van der Waals surface area contributed by atoms with Crippen molar-refractivity contribution in [2.75, 3.05) is 13.2 Å². The summed E-state index contributed by atoms with van der Waals surface area (Å²) in [5.41, 5.74) is -1.06. The number of amides is 2. The molecule has 1 saturated heterocycles. The molecule has 1 fully saturated rings. The number of urea groups is 1. The van der Waals surface area contributed by atoms with Gasteiger partial charge in [0.05, 0.1) is 19.3 Å². The summed E-state index contributed by atoms with van der Waals surface area (Å²) in [5.74, 6) is -0.636. The van der Waals surface area contributed by atoms with Crippen LogP contribution in [0.4, 0.5) is 4.79 Å². The number of carboxylic acids is 1. The average molecular weight is 258 g/mol. The molecule has 0 aliphatic carbocycles. The van der Waals surface area contributed by atoms with Crippen molar-refractivity contribution in [1.29, 1.82) is 0 Å². The van der Waals surface area contributed by atoms with Gasteiger partial charge in [-0.15, -0.1) is 0 Å². The second-order valence-electron chi connectivity index (χ2n) is 5.44. The number of hydrogen-bond donors (Lipinski definition) is 3. The number of carboxylic acid groups (broad SMARTS) is 1. The molecule has 104 valence electrons. The van der Waals surface area contributed by atoms with E-state index in [2.05, 4.69) is 10.6 Å². The highest BCUT2D eigenvalue weighted by atomic mass is 16.5. The van der Waals surface area contributed by atoms with Crippen molar-refractivity contribution in [3.8, 4) is 0 Å². The Labute approximate surface area is 107 Å². The summed E-state index contributed by atoms with van der Waals surface area (Å²) in [7, 11) is 0. The topological polar surface area (TPSA) is 87.7 Å². The zero-order valence-electron chi connectivity index (χ0n) is 11.3. The molecule has 1 aliphatic heterocycles. The average Bonchev–Trinajstić information content (AvgIpc) is 2.61. The largest absolute Gasteiger partial charge is 0.481 e. The molecular formula is C12H22N2O4. The SMILES string of the molecule is CC(C)C(C)NC(=O)NC1COCC1(C)C(=O)O. The van der Waals surface area contributed by atoms with Crippen LogP contribution in [0.3, 0.4) is 0 Å². The molecule has 0 spiro atoms. The molecule has 3 atom stereocenters. The maximum atomic E-state index is 11.8. The quantitative estimate of drug-likeness (QED) is 0.696. The van der Waals surface area contributed by atoms with Gasteiger partial charge in [0, 0.05) is 6.04 Å². The fraction of sp³-hybridized carbons (Fsp3) is 0.833. The number of nitrogens with one attached hydrogen (secondary N) is 2. The van der Waals surface area contributed by atoms with Gasteiger partial charge in [-0.1, -0.05) is 13.8 Å². The molecule has 0 radical (unpaired) electrons. The zero-order chi connectivity index (χ0) is 13.9. The van der Waals surface area contributed by atoms with Crippen LogP contribution in [0.5, 0.6) is 0 Å². The lowest BCUT2D eigenvalue weighted by atomic mass is 9.85. The lowest BCUT2D eigenvalue weighted by Gasteiger charge is -2.26. The summed E-state index contributed by atoms with van der Waals surface area (Å²) in [6.07, 6.45) is 0. The van der Waals surface area contributed by atoms with Crippen molar-refractivity contribution >= 4 is 12.0 Å². The Morgan fingerprint density at radius 3 is 2.50 bits per heavy atom. The standard InChI is InChI=1S/C12H22N2O4/c1-7(2)8(3)13-11(17)14-9-5-18-6-12(9,4)10(15)16/h7-9H,5-6H2,1-4H3,(H,15,16)(H2,13,14,17). The van der Waals surface area contributed by atoms with Crippen LogP contribution in [-0.4, -0.2) is 42.4 Å². The molecule has 3 unspecified atom stereocenters. The van der Waals surface area contributed by atoms with E-state index in [0.29, 0.717) is 5.92 Å². The first-order chi connectivity index (χ1) is 8.27. The van der Waals surface area contributed by atoms with Crippen LogP contribution in [0.15, 0.2) is 0 Å². The number of hydrogen-bond acceptors (Lipinski definition) is 3. The van der Waals surface area contributed by atoms with Crippen molar-refractivity contribution in [3.63, 3.8) is 0 Å². The van der Waals surface area contributed by atoms with Gasteiger partial charge in [-0.25, -0.2) is 4.79 Å². The molecule has 0 saturated carbocycles. The number of ether oxygens (including phenoxy) is 1. The van der Waals surface area contributed by atoms with E-state index in [1.165, 1.54) is 0 Å². The highest BCUT2D eigenvalue weighted by Gasteiger charge is 2.47. The summed E-state index contributed by atoms with van der Waals surface area (Å²) in [4.78, 5) is 22.9. The van der Waals surface area contributed by atoms with Crippen LogP contribution in [0.2, 0.25) is 0 Å². The molecule has 0 aromatic carbocycles. The van der Waals surface area contributed by atoms with Crippen LogP contribution >= 0.6 is 0 Å². The maximum Gasteiger partial charge on any atom is 0.315 e. The summed E-state index contributed by atoms with van der Waals surface area (Å²) in [6.45, 7) is 7.85. The lowest BCUT2D eigenvalue weighted by Crippen LogP contribution is -2.54. The van der Waals surface area contributed by atoms with Crippen molar-refractivity contribution in [1.82, 2.24) is 10.6 Å². The van der Waals surface area contributed by atoms with Crippen LogP contribution in [-0.2, 0) is 9.53 Å². The Morgan fingerprint density at radius 1 is 1.39 bits per heavy atom. The highest BCUT2D eigenvalue weighted by Crippen LogP contribution is 2.28. The lowest BCUT2D eigenvalue weighted by molar-refractivity contribution is -0.148. The fourth-order valence-corrected chi connectivity index (χ4v) is 1.66. The van der Waals surface area contributed by atoms with Gasteiger partial charge in [0.15, 0.2) is 0 Å². The predicted molar refractivity (Wildman–Crippen MR) is 66.3 cm³/mol. The van der Waals surface area contributed by atoms with Gasteiger partial charge in [0.1, 0.15) is 5.41 Å². The summed E-state index contributed by atoms with van der Waals surface area (Å²) in [5, 5.41) is 14.6. The summed E-state index contributed by atoms with van der Waals surface area (Å²) in [6, 6.07) is -0.822. The number of aliphatic carboxylic acids is 1. The van der Waals surface area contributed by atoms with Crippen LogP contribution in [0, 0.1) is 11.3 Å². The van der Waals surface area contributed by atoms with Gasteiger partial charge in [-0.3, -0.25) is 4.79 Å². The molecule has 1 aliphatic rings. The van der Waals surface area contributed by atoms with Gasteiger partial charge >= 0.3 is 12.0 Å². The van der Waals surface area contributed by atoms with Crippen LogP contribution < -0.4 is 10.6 Å². The predicted octanol–water partition coefficient (Wildman–Crippen LogP) is 0.820. The third-order valence-corrected chi connectivity index (χ3v) is 3.61. The molecular weight excluding hydrogens is 236 g/mol. The van der Waals surface area contributed by atoms with E-state index < -0.39 is 17.4 Å². The van der Waals surface area contributed by atoms with E-state index in [9.17, 15) is 14.7 Å². The normalized spacial score (nSPS) is 29.1. The zero-order valence-corrected chi connectivity index (χ0v) is 11.3. The van der Waals surface area contributed by atoms with Crippen molar-refractivity contribution in [2.45, 2.75) is 39.8 Å². The van der Waals surface area contributed by atoms with Crippen LogP contribution in [0.25, 0.3) is 0 Å². The molecule has 2 amide bonds. The van der Waals surface area contributed by atoms with Gasteiger partial charge in [-0.05, 0) is 19.8 Å². The maximum absolute atomic E-state index is 11.8. The molecule has 0 bridgehead atoms. The Hall–Kier alpha value is -1.30. The second kappa shape index (κ2) is 5.56. The third-order valence-electron chi connectivity index (χ3n) is 3.61. The van der Waals surface area contributed by atoms with E-state index in [0.717, 1.165) is 0 Å². The Bertz CT molecular complexity index is 332. The van der Waals surface area contributed by atoms with Crippen molar-refractivity contribution in [3.05, 3.63) is 0 Å². The fourth-order valence-electron chi connectivity index (χ4n) is 1.66. The number of rotatable bonds is 4. The Morgan fingerprint density at radius 2 is 2.00 bits per heavy atom. The van der Waals surface area contributed by atoms with E-state index >= 15 is 0 Å². The Kier molecular flexibility index (Phi) is 4.56. The Balaban J connectivity index is 2.57. The molecule has 0 aromatic rings. The van der Waals surface area contributed by atoms with E-state index in [1.807, 2.05) is 20.8 Å². The molecule has 3 N–H and O–H groups in total. The minimum absolute atomic E-state index is 0.0309. The molecule has 6 nitrogen and oxygen atoms in total. The van der Waals surface area contributed by atoms with E-state index in [1.54, 1.807) is 6.92 Å². The summed E-state index contributed by atoms with van der Waals surface area (Å²) >= 11 is 0. The second-order valence-corrected chi connectivity index (χ2v) is 5.44. The number of carbonyl (C=O) groups is 2. The molecule has 1 rings (SSSR count). The molecule has 0 aromatic heterocycles. The molecule has 18 heavy (non-hydrogen) atoms. The van der Waals surface area contributed by atoms with Gasteiger partial charge in [0.25, 0.3) is 0 Å². The number of carbonyl (C=O) groups excluding carboxylic acids is 1. The molecule has 1 heterocycles. The molecule has 6 heteroatoms. The van der Waals surface area contributed by atoms with Gasteiger partial charge in [0.2, 0.25) is 0 Å². The van der Waals surface area contributed by atoms with Gasteiger partial charge < -0.3 is 20.5 Å². The van der Waals surface area contributed by atoms with Crippen LogP contribution in [0.1, 0.15) is 27.7 Å². The van der Waals surface area contributed by atoms with Crippen molar-refractivity contribution in [2.24, 2.45) is 11.3 Å².